The van der Waals surface area contributed by atoms with E-state index < -0.39 is 31.7 Å². The van der Waals surface area contributed by atoms with Crippen LogP contribution in [-0.2, 0) is 9.53 Å². The summed E-state index contributed by atoms with van der Waals surface area (Å²) >= 11 is 0. The first kappa shape index (κ1) is 28.7. The number of amidine groups is 1. The minimum Gasteiger partial charge on any atom is -0.492 e. The Bertz CT molecular complexity index is 1060. The molecule has 0 aromatic heterocycles. The lowest BCUT2D eigenvalue weighted by Crippen LogP contribution is -2.40. The highest BCUT2D eigenvalue weighted by Crippen LogP contribution is 2.29. The summed E-state index contributed by atoms with van der Waals surface area (Å²) in [6, 6.07) is 6.16. The monoisotopic (exact) mass is 540 g/mol. The molecule has 2 aliphatic heterocycles. The Labute approximate surface area is 216 Å². The summed E-state index contributed by atoms with van der Waals surface area (Å²) in [6.45, 7) is 10.4. The van der Waals surface area contributed by atoms with Crippen molar-refractivity contribution < 1.29 is 32.5 Å². The van der Waals surface area contributed by atoms with Gasteiger partial charge < -0.3 is 24.8 Å². The second-order valence-corrected chi connectivity index (χ2v) is 16.7. The number of nitrogens with one attached hydrogen (secondary N) is 1. The van der Waals surface area contributed by atoms with Gasteiger partial charge in [-0.1, -0.05) is 19.6 Å². The molecule has 1 atom stereocenters. The van der Waals surface area contributed by atoms with Crippen molar-refractivity contribution in [3.05, 3.63) is 41.7 Å². The van der Waals surface area contributed by atoms with Crippen molar-refractivity contribution in [3.63, 3.8) is 0 Å². The molecule has 8 nitrogen and oxygen atoms in total. The highest BCUT2D eigenvalue weighted by atomic mass is 28.3. The van der Waals surface area contributed by atoms with E-state index in [9.17, 15) is 23.1 Å². The van der Waals surface area contributed by atoms with Gasteiger partial charge in [0.15, 0.2) is 11.9 Å². The number of nitrogens with zero attached hydrogens (tertiary/aromatic N) is 3. The standard InChI is InChI=1S/C25H35F3N4O4Si/c1-24(2,23(33)34)15-36-18-8-6-17(7-9-18)19-12-30-20(13-29-19)22-31-21(25(26,27)28)14-32(22)16-35-10-11-37(3,4)5/h6-9,13,21,30H,10-12,14-16H2,1-5H3,(H,33,34). The molecule has 1 unspecified atom stereocenters. The van der Waals surface area contributed by atoms with E-state index in [-0.39, 0.29) is 25.7 Å². The average Bonchev–Trinajstić information content (AvgIpc) is 3.25. The van der Waals surface area contributed by atoms with Crippen LogP contribution in [0.1, 0.15) is 19.4 Å². The SMILES string of the molecule is CC(C)(COc1ccc(C2=NC=C(C3=NC(C(F)(F)F)CN3COCC[Si](C)(C)C)NC2)cc1)C(=O)O. The van der Waals surface area contributed by atoms with Crippen LogP contribution in [0.2, 0.25) is 25.7 Å². The van der Waals surface area contributed by atoms with Crippen LogP contribution in [0.4, 0.5) is 13.2 Å². The molecule has 204 valence electrons. The number of aliphatic imine (C=N–C) groups is 2. The van der Waals surface area contributed by atoms with Crippen LogP contribution in [0, 0.1) is 5.41 Å². The van der Waals surface area contributed by atoms with Crippen LogP contribution in [0.5, 0.6) is 5.75 Å². The van der Waals surface area contributed by atoms with Gasteiger partial charge in [0.2, 0.25) is 0 Å². The molecular weight excluding hydrogens is 505 g/mol. The lowest BCUT2D eigenvalue weighted by atomic mass is 9.95. The van der Waals surface area contributed by atoms with Gasteiger partial charge in [-0.05, 0) is 49.7 Å². The zero-order valence-corrected chi connectivity index (χ0v) is 22.9. The van der Waals surface area contributed by atoms with Crippen molar-refractivity contribution in [3.8, 4) is 5.75 Å². The second kappa shape index (κ2) is 11.3. The largest absolute Gasteiger partial charge is 0.492 e. The number of ether oxygens (including phenoxy) is 2. The summed E-state index contributed by atoms with van der Waals surface area (Å²) in [6.07, 6.45) is -2.95. The fraction of sp³-hybridized carbons (Fsp3) is 0.560. The van der Waals surface area contributed by atoms with Gasteiger partial charge in [0, 0.05) is 14.7 Å². The lowest BCUT2D eigenvalue weighted by molar-refractivity contribution is -0.148. The number of carboxylic acid groups (broad SMARTS) is 1. The second-order valence-electron chi connectivity index (χ2n) is 11.1. The van der Waals surface area contributed by atoms with Gasteiger partial charge in [-0.25, -0.2) is 0 Å². The normalized spacial score (nSPS) is 18.6. The summed E-state index contributed by atoms with van der Waals surface area (Å²) in [4.78, 5) is 21.1. The van der Waals surface area contributed by atoms with E-state index in [4.69, 9.17) is 9.47 Å². The molecule has 3 rings (SSSR count). The van der Waals surface area contributed by atoms with Crippen molar-refractivity contribution >= 4 is 25.6 Å². The molecule has 0 fully saturated rings. The van der Waals surface area contributed by atoms with Gasteiger partial charge in [0.05, 0.1) is 36.1 Å². The lowest BCUT2D eigenvalue weighted by Gasteiger charge is -2.25. The van der Waals surface area contributed by atoms with E-state index in [0.717, 1.165) is 11.6 Å². The Morgan fingerprint density at radius 3 is 2.43 bits per heavy atom. The van der Waals surface area contributed by atoms with Gasteiger partial charge in [0.25, 0.3) is 0 Å². The minimum atomic E-state index is -4.44. The molecule has 37 heavy (non-hydrogen) atoms. The van der Waals surface area contributed by atoms with Gasteiger partial charge in [0.1, 0.15) is 19.1 Å². The maximum absolute atomic E-state index is 13.4. The average molecular weight is 541 g/mol. The van der Waals surface area contributed by atoms with Crippen molar-refractivity contribution in [2.24, 2.45) is 15.4 Å². The fourth-order valence-corrected chi connectivity index (χ4v) is 4.20. The molecule has 0 spiro atoms. The Morgan fingerprint density at radius 1 is 1.22 bits per heavy atom. The topological polar surface area (TPSA) is 95.8 Å². The van der Waals surface area contributed by atoms with Crippen LogP contribution in [0.25, 0.3) is 0 Å². The Kier molecular flexibility index (Phi) is 8.73. The summed E-state index contributed by atoms with van der Waals surface area (Å²) in [5.74, 6) is -0.218. The van der Waals surface area contributed by atoms with E-state index in [1.54, 1.807) is 38.1 Å². The van der Waals surface area contributed by atoms with E-state index in [0.29, 0.717) is 30.3 Å². The molecule has 0 aliphatic carbocycles. The number of aliphatic carboxylic acids is 1. The molecule has 1 aromatic carbocycles. The Hall–Kier alpha value is -2.86. The maximum atomic E-state index is 13.4. The number of rotatable bonds is 11. The van der Waals surface area contributed by atoms with Gasteiger partial charge in [-0.3, -0.25) is 14.8 Å². The first-order valence-corrected chi connectivity index (χ1v) is 15.8. The van der Waals surface area contributed by atoms with Crippen LogP contribution < -0.4 is 10.1 Å². The molecule has 2 aliphatic rings. The van der Waals surface area contributed by atoms with E-state index in [2.05, 4.69) is 34.9 Å². The molecule has 0 saturated carbocycles. The third kappa shape index (κ3) is 8.06. The first-order chi connectivity index (χ1) is 17.2. The molecule has 1 aromatic rings. The number of hydrogen-bond donors (Lipinski definition) is 2. The van der Waals surface area contributed by atoms with Gasteiger partial charge in [-0.2, -0.15) is 13.2 Å². The molecule has 2 heterocycles. The molecule has 12 heteroatoms. The molecule has 0 radical (unpaired) electrons. The number of carboxylic acids is 1. The van der Waals surface area contributed by atoms with E-state index in [1.807, 2.05) is 0 Å². The minimum absolute atomic E-state index is 0.0235. The van der Waals surface area contributed by atoms with Gasteiger partial charge >= 0.3 is 12.1 Å². The number of benzene rings is 1. The highest BCUT2D eigenvalue weighted by Gasteiger charge is 2.45. The molecule has 0 saturated heterocycles. The molecule has 2 N–H and O–H groups in total. The summed E-state index contributed by atoms with van der Waals surface area (Å²) in [7, 11) is -1.31. The van der Waals surface area contributed by atoms with Crippen LogP contribution >= 0.6 is 0 Å². The number of alkyl halides is 3. The van der Waals surface area contributed by atoms with Crippen LogP contribution in [0.3, 0.4) is 0 Å². The number of hydrogen-bond acceptors (Lipinski definition) is 7. The van der Waals surface area contributed by atoms with Gasteiger partial charge in [-0.15, -0.1) is 0 Å². The summed E-state index contributed by atoms with van der Waals surface area (Å²) in [5.41, 5.74) is 0.907. The van der Waals surface area contributed by atoms with Crippen LogP contribution in [-0.4, -0.2) is 80.8 Å². The molecular formula is C25H35F3N4O4Si. The van der Waals surface area contributed by atoms with E-state index >= 15 is 0 Å². The maximum Gasteiger partial charge on any atom is 0.412 e. The predicted octanol–water partition coefficient (Wildman–Crippen LogP) is 4.37. The zero-order valence-electron chi connectivity index (χ0n) is 21.9. The van der Waals surface area contributed by atoms with Crippen molar-refractivity contribution in [2.75, 3.05) is 33.0 Å². The predicted molar refractivity (Wildman–Crippen MR) is 139 cm³/mol. The van der Waals surface area contributed by atoms with Crippen molar-refractivity contribution in [1.29, 1.82) is 0 Å². The third-order valence-corrected chi connectivity index (χ3v) is 7.70. The smallest absolute Gasteiger partial charge is 0.412 e. The Morgan fingerprint density at radius 2 is 1.89 bits per heavy atom. The van der Waals surface area contributed by atoms with E-state index in [1.165, 1.54) is 11.1 Å². The van der Waals surface area contributed by atoms with Crippen molar-refractivity contribution in [1.82, 2.24) is 10.2 Å². The van der Waals surface area contributed by atoms with Crippen molar-refractivity contribution in [2.45, 2.75) is 51.8 Å². The summed E-state index contributed by atoms with van der Waals surface area (Å²) in [5, 5.41) is 12.4. The number of halogens is 3. The highest BCUT2D eigenvalue weighted by molar-refractivity contribution is 6.76. The van der Waals surface area contributed by atoms with Crippen LogP contribution in [0.15, 0.2) is 46.1 Å². The first-order valence-electron chi connectivity index (χ1n) is 12.1. The number of carbonyl (C=O) groups is 1. The fourth-order valence-electron chi connectivity index (χ4n) is 3.44. The third-order valence-electron chi connectivity index (χ3n) is 6.00. The zero-order chi connectivity index (χ0) is 27.4. The molecule has 0 amide bonds. The molecule has 0 bridgehead atoms. The quantitative estimate of drug-likeness (QED) is 0.320. The summed E-state index contributed by atoms with van der Waals surface area (Å²) < 4.78 is 51.6. The Balaban J connectivity index is 1.68.